The van der Waals surface area contributed by atoms with E-state index in [0.29, 0.717) is 63.7 Å². The summed E-state index contributed by atoms with van der Waals surface area (Å²) in [7, 11) is 0. The summed E-state index contributed by atoms with van der Waals surface area (Å²) in [6, 6.07) is 7.46. The number of ether oxygens (including phenoxy) is 2. The van der Waals surface area contributed by atoms with Gasteiger partial charge >= 0.3 is 0 Å². The number of piperidine rings is 1. The predicted molar refractivity (Wildman–Crippen MR) is 95.4 cm³/mol. The fraction of sp³-hybridized carbons (Fsp3) is 0.579. The van der Waals surface area contributed by atoms with E-state index in [-0.39, 0.29) is 17.7 Å². The molecule has 1 unspecified atom stereocenters. The highest BCUT2D eigenvalue weighted by Crippen LogP contribution is 2.32. The molecule has 0 saturated carbocycles. The van der Waals surface area contributed by atoms with Crippen molar-refractivity contribution in [2.45, 2.75) is 31.6 Å². The van der Waals surface area contributed by atoms with Gasteiger partial charge in [0.15, 0.2) is 5.79 Å². The summed E-state index contributed by atoms with van der Waals surface area (Å²) in [4.78, 5) is 28.8. The topological polar surface area (TPSA) is 59.1 Å². The maximum atomic E-state index is 12.8. The average Bonchev–Trinajstić information content (AvgIpc) is 3.24. The lowest BCUT2D eigenvalue weighted by atomic mass is 10.0. The van der Waals surface area contributed by atoms with Crippen molar-refractivity contribution < 1.29 is 19.1 Å². The number of benzene rings is 1. The zero-order valence-corrected chi connectivity index (χ0v) is 15.4. The van der Waals surface area contributed by atoms with Crippen molar-refractivity contribution in [3.8, 4) is 0 Å². The van der Waals surface area contributed by atoms with Gasteiger partial charge in [-0.25, -0.2) is 0 Å². The Bertz CT molecular complexity index is 677. The summed E-state index contributed by atoms with van der Waals surface area (Å²) < 4.78 is 11.4. The van der Waals surface area contributed by atoms with Crippen LogP contribution >= 0.6 is 11.6 Å². The van der Waals surface area contributed by atoms with Gasteiger partial charge in [-0.2, -0.15) is 0 Å². The third-order valence-corrected chi connectivity index (χ3v) is 5.75. The minimum absolute atomic E-state index is 0.0363. The Kier molecular flexibility index (Phi) is 4.90. The number of rotatable bonds is 3. The van der Waals surface area contributed by atoms with Crippen molar-refractivity contribution in [3.05, 3.63) is 34.9 Å². The van der Waals surface area contributed by atoms with Crippen LogP contribution in [0.2, 0.25) is 5.02 Å². The molecule has 3 aliphatic rings. The molecule has 0 aromatic heterocycles. The van der Waals surface area contributed by atoms with Gasteiger partial charge in [0.25, 0.3) is 0 Å². The van der Waals surface area contributed by atoms with Gasteiger partial charge in [0.2, 0.25) is 11.8 Å². The van der Waals surface area contributed by atoms with Crippen LogP contribution in [0.4, 0.5) is 0 Å². The lowest BCUT2D eigenvalue weighted by Gasteiger charge is -2.38. The van der Waals surface area contributed by atoms with Crippen LogP contribution < -0.4 is 0 Å². The molecule has 2 amide bonds. The molecule has 26 heavy (non-hydrogen) atoms. The highest BCUT2D eigenvalue weighted by molar-refractivity contribution is 6.30. The van der Waals surface area contributed by atoms with E-state index in [9.17, 15) is 9.59 Å². The molecule has 7 heteroatoms. The van der Waals surface area contributed by atoms with Crippen LogP contribution in [0.1, 0.15) is 24.8 Å². The van der Waals surface area contributed by atoms with Gasteiger partial charge in [0.05, 0.1) is 19.1 Å². The van der Waals surface area contributed by atoms with Crippen molar-refractivity contribution in [1.82, 2.24) is 9.80 Å². The number of nitrogens with zero attached hydrogens (tertiary/aromatic N) is 2. The smallest absolute Gasteiger partial charge is 0.228 e. The Labute approximate surface area is 158 Å². The Morgan fingerprint density at radius 3 is 2.46 bits per heavy atom. The highest BCUT2D eigenvalue weighted by Gasteiger charge is 2.43. The number of hydrogen-bond donors (Lipinski definition) is 0. The van der Waals surface area contributed by atoms with Crippen molar-refractivity contribution in [3.63, 3.8) is 0 Å². The maximum Gasteiger partial charge on any atom is 0.228 e. The predicted octanol–water partition coefficient (Wildman–Crippen LogP) is 2.05. The molecular weight excluding hydrogens is 356 g/mol. The first-order valence-electron chi connectivity index (χ1n) is 9.14. The molecule has 140 valence electrons. The Morgan fingerprint density at radius 2 is 1.81 bits per heavy atom. The largest absolute Gasteiger partial charge is 0.347 e. The minimum Gasteiger partial charge on any atom is -0.347 e. The Balaban J connectivity index is 1.33. The second-order valence-corrected chi connectivity index (χ2v) is 7.67. The molecule has 1 spiro atoms. The molecule has 4 rings (SSSR count). The van der Waals surface area contributed by atoms with Crippen molar-refractivity contribution in [2.24, 2.45) is 5.92 Å². The number of carbonyl (C=O) groups excluding carboxylic acids is 2. The molecule has 3 aliphatic heterocycles. The molecule has 0 bridgehead atoms. The number of halogens is 1. The summed E-state index contributed by atoms with van der Waals surface area (Å²) in [6.45, 7) is 3.51. The van der Waals surface area contributed by atoms with Gasteiger partial charge in [-0.15, -0.1) is 0 Å². The molecule has 6 nitrogen and oxygen atoms in total. The fourth-order valence-corrected chi connectivity index (χ4v) is 4.14. The van der Waals surface area contributed by atoms with E-state index in [4.69, 9.17) is 21.1 Å². The van der Waals surface area contributed by atoms with E-state index < -0.39 is 5.79 Å². The monoisotopic (exact) mass is 378 g/mol. The molecule has 3 heterocycles. The van der Waals surface area contributed by atoms with Crippen molar-refractivity contribution in [2.75, 3.05) is 32.8 Å². The molecular formula is C19H23ClN2O4. The van der Waals surface area contributed by atoms with Crippen molar-refractivity contribution >= 4 is 23.4 Å². The first kappa shape index (κ1) is 17.8. The average molecular weight is 379 g/mol. The molecule has 0 radical (unpaired) electrons. The van der Waals surface area contributed by atoms with E-state index in [1.165, 1.54) is 0 Å². The molecule has 0 N–H and O–H groups in total. The normalized spacial score (nSPS) is 25.3. The molecule has 3 saturated heterocycles. The van der Waals surface area contributed by atoms with Gasteiger partial charge in [0, 0.05) is 50.5 Å². The first-order chi connectivity index (χ1) is 12.5. The number of amides is 2. The highest BCUT2D eigenvalue weighted by atomic mass is 35.5. The van der Waals surface area contributed by atoms with Crippen LogP contribution in [0.25, 0.3) is 0 Å². The lowest BCUT2D eigenvalue weighted by Crippen LogP contribution is -2.49. The Morgan fingerprint density at radius 1 is 1.15 bits per heavy atom. The first-order valence-corrected chi connectivity index (χ1v) is 9.51. The molecule has 1 aromatic rings. The third-order valence-electron chi connectivity index (χ3n) is 5.50. The summed E-state index contributed by atoms with van der Waals surface area (Å²) in [6.07, 6.45) is 1.70. The zero-order valence-electron chi connectivity index (χ0n) is 14.7. The van der Waals surface area contributed by atoms with Crippen LogP contribution in [-0.4, -0.2) is 60.2 Å². The van der Waals surface area contributed by atoms with Crippen LogP contribution in [0.15, 0.2) is 24.3 Å². The number of hydrogen-bond acceptors (Lipinski definition) is 4. The zero-order chi connectivity index (χ0) is 18.1. The molecule has 0 aliphatic carbocycles. The Hall–Kier alpha value is -1.63. The van der Waals surface area contributed by atoms with E-state index in [1.807, 2.05) is 29.2 Å². The van der Waals surface area contributed by atoms with Crippen LogP contribution in [-0.2, 0) is 25.6 Å². The van der Waals surface area contributed by atoms with Gasteiger partial charge < -0.3 is 19.3 Å². The lowest BCUT2D eigenvalue weighted by molar-refractivity contribution is -0.188. The number of carbonyl (C=O) groups is 2. The number of likely N-dealkylation sites (tertiary alicyclic amines) is 2. The molecule has 1 atom stereocenters. The standard InChI is InChI=1S/C19H23ClN2O4/c20-16-3-1-14(2-4-16)12-22-13-15(11-17(22)23)18(24)21-7-5-19(6-8-21)25-9-10-26-19/h1-4,15H,5-13H2. The molecule has 1 aromatic carbocycles. The van der Waals surface area contributed by atoms with Gasteiger partial charge in [-0.05, 0) is 17.7 Å². The summed E-state index contributed by atoms with van der Waals surface area (Å²) >= 11 is 5.90. The molecule has 3 fully saturated rings. The quantitative estimate of drug-likeness (QED) is 0.807. The van der Waals surface area contributed by atoms with Crippen LogP contribution in [0.3, 0.4) is 0 Å². The van der Waals surface area contributed by atoms with E-state index in [2.05, 4.69) is 0 Å². The second-order valence-electron chi connectivity index (χ2n) is 7.23. The van der Waals surface area contributed by atoms with Gasteiger partial charge in [-0.3, -0.25) is 9.59 Å². The van der Waals surface area contributed by atoms with E-state index in [1.54, 1.807) is 4.90 Å². The summed E-state index contributed by atoms with van der Waals surface area (Å²) in [5.74, 6) is -0.628. The van der Waals surface area contributed by atoms with Crippen LogP contribution in [0, 0.1) is 5.92 Å². The van der Waals surface area contributed by atoms with Gasteiger partial charge in [0.1, 0.15) is 0 Å². The minimum atomic E-state index is -0.483. The summed E-state index contributed by atoms with van der Waals surface area (Å²) in [5.41, 5.74) is 1.02. The third kappa shape index (κ3) is 3.59. The maximum absolute atomic E-state index is 12.8. The fourth-order valence-electron chi connectivity index (χ4n) is 4.01. The second kappa shape index (κ2) is 7.18. The van der Waals surface area contributed by atoms with E-state index >= 15 is 0 Å². The SMILES string of the molecule is O=C1CC(C(=O)N2CCC3(CC2)OCCO3)CN1Cc1ccc(Cl)cc1. The van der Waals surface area contributed by atoms with Crippen molar-refractivity contribution in [1.29, 1.82) is 0 Å². The van der Waals surface area contributed by atoms with E-state index in [0.717, 1.165) is 5.56 Å². The van der Waals surface area contributed by atoms with Gasteiger partial charge in [-0.1, -0.05) is 23.7 Å². The summed E-state index contributed by atoms with van der Waals surface area (Å²) in [5, 5.41) is 0.674. The van der Waals surface area contributed by atoms with Crippen LogP contribution in [0.5, 0.6) is 0 Å².